The standard InChI is InChI=1S/C15H25N3OS/c20-15-17-16-14(9-8-12-5-2-1-3-6-12)18(15)11-13-7-4-10-19-13/h12-13H,1-11H2,(H,17,20)/t13-/m1/s1. The summed E-state index contributed by atoms with van der Waals surface area (Å²) in [6, 6.07) is 0. The summed E-state index contributed by atoms with van der Waals surface area (Å²) >= 11 is 5.37. The molecule has 0 radical (unpaired) electrons. The molecule has 1 aromatic rings. The number of hydrogen-bond donors (Lipinski definition) is 1. The Morgan fingerprint density at radius 3 is 2.80 bits per heavy atom. The van der Waals surface area contributed by atoms with Gasteiger partial charge in [-0.3, -0.25) is 5.10 Å². The summed E-state index contributed by atoms with van der Waals surface area (Å²) in [5.41, 5.74) is 0. The van der Waals surface area contributed by atoms with Gasteiger partial charge in [0, 0.05) is 13.0 Å². The zero-order valence-electron chi connectivity index (χ0n) is 12.1. The highest BCUT2D eigenvalue weighted by Gasteiger charge is 2.19. The number of ether oxygens (including phenoxy) is 1. The number of nitrogens with one attached hydrogen (secondary N) is 1. The van der Waals surface area contributed by atoms with Gasteiger partial charge in [0.15, 0.2) is 4.77 Å². The summed E-state index contributed by atoms with van der Waals surface area (Å²) in [7, 11) is 0. The SMILES string of the molecule is S=c1[nH]nc(CCC2CCCCC2)n1C[C@H]1CCCO1. The molecule has 1 atom stereocenters. The van der Waals surface area contributed by atoms with Crippen LogP contribution >= 0.6 is 12.2 Å². The number of nitrogens with zero attached hydrogens (tertiary/aromatic N) is 2. The van der Waals surface area contributed by atoms with Crippen LogP contribution in [0.1, 0.15) is 57.2 Å². The van der Waals surface area contributed by atoms with Crippen molar-refractivity contribution in [3.63, 3.8) is 0 Å². The summed E-state index contributed by atoms with van der Waals surface area (Å²) in [5, 5.41) is 7.39. The van der Waals surface area contributed by atoms with Crippen molar-refractivity contribution in [1.29, 1.82) is 0 Å². The average molecular weight is 295 g/mol. The predicted molar refractivity (Wildman–Crippen MR) is 81.3 cm³/mol. The van der Waals surface area contributed by atoms with Crippen molar-refractivity contribution in [2.24, 2.45) is 5.92 Å². The van der Waals surface area contributed by atoms with E-state index < -0.39 is 0 Å². The molecule has 0 unspecified atom stereocenters. The predicted octanol–water partition coefficient (Wildman–Crippen LogP) is 3.63. The van der Waals surface area contributed by atoms with Gasteiger partial charge in [-0.1, -0.05) is 32.1 Å². The molecule has 2 fully saturated rings. The van der Waals surface area contributed by atoms with E-state index >= 15 is 0 Å². The van der Waals surface area contributed by atoms with Crippen molar-refractivity contribution in [2.45, 2.75) is 70.4 Å². The molecule has 1 saturated heterocycles. The van der Waals surface area contributed by atoms with Crippen LogP contribution < -0.4 is 0 Å². The maximum atomic E-state index is 5.72. The van der Waals surface area contributed by atoms with E-state index in [1.54, 1.807) is 0 Å². The van der Waals surface area contributed by atoms with Gasteiger partial charge in [-0.05, 0) is 37.4 Å². The lowest BCUT2D eigenvalue weighted by atomic mass is 9.86. The first kappa shape index (κ1) is 14.3. The highest BCUT2D eigenvalue weighted by atomic mass is 32.1. The number of aromatic amines is 1. The van der Waals surface area contributed by atoms with Crippen molar-refractivity contribution in [2.75, 3.05) is 6.61 Å². The molecule has 0 bridgehead atoms. The largest absolute Gasteiger partial charge is 0.376 e. The fourth-order valence-electron chi connectivity index (χ4n) is 3.53. The van der Waals surface area contributed by atoms with Crippen molar-refractivity contribution < 1.29 is 4.74 Å². The quantitative estimate of drug-likeness (QED) is 0.843. The van der Waals surface area contributed by atoms with Crippen LogP contribution in [0.4, 0.5) is 0 Å². The second-order valence-corrected chi connectivity index (χ2v) is 6.62. The lowest BCUT2D eigenvalue weighted by Crippen LogP contribution is -2.18. The van der Waals surface area contributed by atoms with Gasteiger partial charge in [0.1, 0.15) is 5.82 Å². The van der Waals surface area contributed by atoms with E-state index in [2.05, 4.69) is 14.8 Å². The Morgan fingerprint density at radius 1 is 1.20 bits per heavy atom. The number of aromatic nitrogens is 3. The third-order valence-corrected chi connectivity index (χ3v) is 5.06. The smallest absolute Gasteiger partial charge is 0.195 e. The summed E-state index contributed by atoms with van der Waals surface area (Å²) in [6.45, 7) is 1.77. The zero-order chi connectivity index (χ0) is 13.8. The molecule has 0 amide bonds. The minimum absolute atomic E-state index is 0.327. The molecule has 0 aromatic carbocycles. The molecule has 4 nitrogen and oxygen atoms in total. The number of rotatable bonds is 5. The Bertz CT molecular complexity index is 470. The van der Waals surface area contributed by atoms with E-state index in [1.165, 1.54) is 44.9 Å². The van der Waals surface area contributed by atoms with Crippen LogP contribution in [0.5, 0.6) is 0 Å². The van der Waals surface area contributed by atoms with Crippen LogP contribution in [0.3, 0.4) is 0 Å². The molecule has 2 aliphatic rings. The first-order valence-electron chi connectivity index (χ1n) is 8.08. The Kier molecular flexibility index (Phi) is 4.89. The normalized spacial score (nSPS) is 24.3. The maximum absolute atomic E-state index is 5.72. The molecule has 1 aliphatic heterocycles. The van der Waals surface area contributed by atoms with Crippen LogP contribution in [0.2, 0.25) is 0 Å². The lowest BCUT2D eigenvalue weighted by Gasteiger charge is -2.21. The van der Waals surface area contributed by atoms with Gasteiger partial charge in [-0.2, -0.15) is 5.10 Å². The third kappa shape index (κ3) is 3.50. The molecule has 0 spiro atoms. The molecule has 5 heteroatoms. The monoisotopic (exact) mass is 295 g/mol. The minimum Gasteiger partial charge on any atom is -0.376 e. The fraction of sp³-hybridized carbons (Fsp3) is 0.867. The molecule has 2 heterocycles. The molecule has 1 N–H and O–H groups in total. The Hall–Kier alpha value is -0.680. The molecule has 1 saturated carbocycles. The Morgan fingerprint density at radius 2 is 2.05 bits per heavy atom. The molecule has 1 aromatic heterocycles. The van der Waals surface area contributed by atoms with E-state index in [0.29, 0.717) is 6.10 Å². The number of aryl methyl sites for hydroxylation is 1. The van der Waals surface area contributed by atoms with Gasteiger partial charge in [0.2, 0.25) is 0 Å². The van der Waals surface area contributed by atoms with Gasteiger partial charge in [0.25, 0.3) is 0 Å². The summed E-state index contributed by atoms with van der Waals surface area (Å²) < 4.78 is 8.63. The number of hydrogen-bond acceptors (Lipinski definition) is 3. The highest BCUT2D eigenvalue weighted by molar-refractivity contribution is 7.71. The maximum Gasteiger partial charge on any atom is 0.195 e. The fourth-order valence-corrected chi connectivity index (χ4v) is 3.76. The average Bonchev–Trinajstić information content (AvgIpc) is 3.10. The van der Waals surface area contributed by atoms with Crippen LogP contribution in [-0.4, -0.2) is 27.5 Å². The van der Waals surface area contributed by atoms with E-state index in [4.69, 9.17) is 17.0 Å². The van der Waals surface area contributed by atoms with Gasteiger partial charge in [-0.25, -0.2) is 0 Å². The lowest BCUT2D eigenvalue weighted by molar-refractivity contribution is 0.0958. The summed E-state index contributed by atoms with van der Waals surface area (Å²) in [5.74, 6) is 2.02. The highest BCUT2D eigenvalue weighted by Crippen LogP contribution is 2.27. The Labute approximate surface area is 125 Å². The Balaban J connectivity index is 1.59. The molecule has 112 valence electrons. The van der Waals surface area contributed by atoms with Crippen LogP contribution in [0, 0.1) is 10.7 Å². The molecule has 1 aliphatic carbocycles. The first-order valence-corrected chi connectivity index (χ1v) is 8.49. The van der Waals surface area contributed by atoms with Gasteiger partial charge < -0.3 is 9.30 Å². The van der Waals surface area contributed by atoms with Crippen LogP contribution in [0.25, 0.3) is 0 Å². The second kappa shape index (κ2) is 6.85. The topological polar surface area (TPSA) is 42.8 Å². The van der Waals surface area contributed by atoms with Crippen molar-refractivity contribution in [1.82, 2.24) is 14.8 Å². The van der Waals surface area contributed by atoms with Crippen molar-refractivity contribution in [3.8, 4) is 0 Å². The minimum atomic E-state index is 0.327. The molecule has 20 heavy (non-hydrogen) atoms. The molecular weight excluding hydrogens is 270 g/mol. The van der Waals surface area contributed by atoms with E-state index in [-0.39, 0.29) is 0 Å². The van der Waals surface area contributed by atoms with Gasteiger partial charge >= 0.3 is 0 Å². The van der Waals surface area contributed by atoms with Crippen molar-refractivity contribution >= 4 is 12.2 Å². The molecule has 3 rings (SSSR count). The van der Waals surface area contributed by atoms with Crippen LogP contribution in [0.15, 0.2) is 0 Å². The van der Waals surface area contributed by atoms with Crippen LogP contribution in [-0.2, 0) is 17.7 Å². The van der Waals surface area contributed by atoms with Gasteiger partial charge in [-0.15, -0.1) is 0 Å². The zero-order valence-corrected chi connectivity index (χ0v) is 13.0. The molecular formula is C15H25N3OS. The first-order chi connectivity index (χ1) is 9.83. The summed E-state index contributed by atoms with van der Waals surface area (Å²) in [4.78, 5) is 0. The second-order valence-electron chi connectivity index (χ2n) is 6.23. The third-order valence-electron chi connectivity index (χ3n) is 4.75. The van der Waals surface area contributed by atoms with E-state index in [0.717, 1.165) is 42.5 Å². The van der Waals surface area contributed by atoms with E-state index in [9.17, 15) is 0 Å². The van der Waals surface area contributed by atoms with E-state index in [1.807, 2.05) is 0 Å². The van der Waals surface area contributed by atoms with Crippen molar-refractivity contribution in [3.05, 3.63) is 10.6 Å². The van der Waals surface area contributed by atoms with Gasteiger partial charge in [0.05, 0.1) is 12.6 Å². The number of H-pyrrole nitrogens is 1. The summed E-state index contributed by atoms with van der Waals surface area (Å²) in [6.07, 6.45) is 12.0.